The fourth-order valence-corrected chi connectivity index (χ4v) is 5.82. The van der Waals surface area contributed by atoms with Gasteiger partial charge in [-0.25, -0.2) is 23.8 Å². The average molecular weight is 722 g/mol. The quantitative estimate of drug-likeness (QED) is 0.203. The van der Waals surface area contributed by atoms with E-state index < -0.39 is 53.9 Å². The number of aliphatic hydroxyl groups is 1. The Balaban J connectivity index is 1.19. The van der Waals surface area contributed by atoms with E-state index in [4.69, 9.17) is 30.5 Å². The normalized spacial score (nSPS) is 17.6. The van der Waals surface area contributed by atoms with Gasteiger partial charge in [0.1, 0.15) is 17.4 Å². The van der Waals surface area contributed by atoms with Gasteiger partial charge in [-0.05, 0) is 41.8 Å². The summed E-state index contributed by atoms with van der Waals surface area (Å²) >= 11 is 7.54. The van der Waals surface area contributed by atoms with Gasteiger partial charge in [-0.1, -0.05) is 41.9 Å². The molecule has 1 aliphatic rings. The molecule has 16 heteroatoms. The number of esters is 2. The minimum Gasteiger partial charge on any atom is -0.421 e. The third kappa shape index (κ3) is 7.61. The number of aliphatic hydroxyl groups excluding tert-OH is 1. The van der Waals surface area contributed by atoms with Gasteiger partial charge in [-0.15, -0.1) is 11.3 Å². The molecule has 256 valence electrons. The molecule has 5 aromatic rings. The molecule has 4 heterocycles. The van der Waals surface area contributed by atoms with Crippen LogP contribution in [0.4, 0.5) is 4.39 Å². The number of alkyl halides is 1. The molecule has 0 saturated carbocycles. The molecule has 0 aliphatic carbocycles. The molecule has 4 atom stereocenters. The highest BCUT2D eigenvalue weighted by Gasteiger charge is 2.42. The van der Waals surface area contributed by atoms with Crippen molar-refractivity contribution in [2.24, 2.45) is 0 Å². The summed E-state index contributed by atoms with van der Waals surface area (Å²) in [5.74, 6) is -3.16. The van der Waals surface area contributed by atoms with Crippen LogP contribution in [0.1, 0.15) is 48.6 Å². The van der Waals surface area contributed by atoms with E-state index in [2.05, 4.69) is 4.98 Å². The second-order valence-electron chi connectivity index (χ2n) is 10.8. The van der Waals surface area contributed by atoms with Gasteiger partial charge in [-0.3, -0.25) is 14.2 Å². The summed E-state index contributed by atoms with van der Waals surface area (Å²) in [4.78, 5) is 70.1. The third-order valence-electron chi connectivity index (χ3n) is 7.48. The van der Waals surface area contributed by atoms with Crippen LogP contribution in [0, 0.1) is 0 Å². The largest absolute Gasteiger partial charge is 0.421 e. The van der Waals surface area contributed by atoms with Crippen molar-refractivity contribution in [1.29, 1.82) is 0 Å². The number of aromatic nitrogens is 3. The van der Waals surface area contributed by atoms with Gasteiger partial charge in [0.25, 0.3) is 11.5 Å². The first-order valence-electron chi connectivity index (χ1n) is 14.8. The second kappa shape index (κ2) is 15.1. The number of halogens is 2. The number of benzene rings is 2. The summed E-state index contributed by atoms with van der Waals surface area (Å²) in [6.07, 6.45) is -3.86. The molecule has 13 nitrogen and oxygen atoms in total. The highest BCUT2D eigenvalue weighted by Crippen LogP contribution is 2.33. The van der Waals surface area contributed by atoms with Crippen molar-refractivity contribution in [2.45, 2.75) is 37.8 Å². The summed E-state index contributed by atoms with van der Waals surface area (Å²) in [5.41, 5.74) is -2.19. The Morgan fingerprint density at radius 2 is 1.72 bits per heavy atom. The molecule has 50 heavy (non-hydrogen) atoms. The van der Waals surface area contributed by atoms with Crippen molar-refractivity contribution in [3.63, 3.8) is 0 Å². The van der Waals surface area contributed by atoms with Crippen LogP contribution in [0.2, 0.25) is 5.02 Å². The lowest BCUT2D eigenvalue weighted by molar-refractivity contribution is -0.142. The molecule has 1 unspecified atom stereocenters. The van der Waals surface area contributed by atoms with E-state index in [1.807, 2.05) is 17.5 Å². The van der Waals surface area contributed by atoms with Crippen LogP contribution < -0.4 is 20.7 Å². The average Bonchev–Trinajstić information content (AvgIpc) is 3.80. The molecule has 1 fully saturated rings. The number of pyridine rings is 1. The summed E-state index contributed by atoms with van der Waals surface area (Å²) in [6, 6.07) is 18.9. The van der Waals surface area contributed by atoms with Crippen LogP contribution in [-0.4, -0.2) is 55.6 Å². The molecule has 3 aromatic heterocycles. The molecule has 6 rings (SSSR count). The number of ether oxygens (including phenoxy) is 4. The van der Waals surface area contributed by atoms with Gasteiger partial charge in [-0.2, -0.15) is 4.57 Å². The zero-order valence-electron chi connectivity index (χ0n) is 25.6. The first-order valence-corrected chi connectivity index (χ1v) is 16.1. The van der Waals surface area contributed by atoms with Crippen LogP contribution in [0.15, 0.2) is 106 Å². The highest BCUT2D eigenvalue weighted by molar-refractivity contribution is 7.09. The van der Waals surface area contributed by atoms with Crippen molar-refractivity contribution in [3.8, 4) is 11.6 Å². The zero-order chi connectivity index (χ0) is 35.4. The topological polar surface area (TPSA) is 165 Å². The number of thiophene rings is 1. The van der Waals surface area contributed by atoms with Crippen LogP contribution in [0.3, 0.4) is 0 Å². The van der Waals surface area contributed by atoms with Crippen molar-refractivity contribution >= 4 is 40.8 Å². The lowest BCUT2D eigenvalue weighted by Gasteiger charge is -2.19. The fraction of sp³-hybridized carbons (Fsp3) is 0.176. The lowest BCUT2D eigenvalue weighted by Crippen LogP contribution is -2.44. The number of hydrogen-bond acceptors (Lipinski definition) is 12. The first-order chi connectivity index (χ1) is 24.1. The summed E-state index contributed by atoms with van der Waals surface area (Å²) < 4.78 is 37.4. The Bertz CT molecular complexity index is 2160. The molecular formula is C34H25ClFN3O10S. The van der Waals surface area contributed by atoms with Gasteiger partial charge in [0.2, 0.25) is 12.2 Å². The number of rotatable bonds is 10. The monoisotopic (exact) mass is 721 g/mol. The maximum atomic E-state index is 14.1. The molecule has 2 aromatic carbocycles. The molecule has 1 N–H and O–H groups in total. The van der Waals surface area contributed by atoms with E-state index in [0.717, 1.165) is 40.0 Å². The number of carbonyl (C=O) groups is 3. The van der Waals surface area contributed by atoms with Crippen LogP contribution in [-0.2, 0) is 16.1 Å². The Morgan fingerprint density at radius 3 is 2.46 bits per heavy atom. The van der Waals surface area contributed by atoms with Crippen molar-refractivity contribution in [3.05, 3.63) is 144 Å². The van der Waals surface area contributed by atoms with Gasteiger partial charge in [0.05, 0.1) is 30.0 Å². The van der Waals surface area contributed by atoms with Crippen LogP contribution in [0.25, 0.3) is 0 Å². The highest BCUT2D eigenvalue weighted by atomic mass is 35.5. The van der Waals surface area contributed by atoms with Crippen molar-refractivity contribution < 1.29 is 42.8 Å². The lowest BCUT2D eigenvalue weighted by atomic mass is 10.1. The predicted molar refractivity (Wildman–Crippen MR) is 175 cm³/mol. The van der Waals surface area contributed by atoms with E-state index in [1.54, 1.807) is 30.3 Å². The summed E-state index contributed by atoms with van der Waals surface area (Å²) in [5, 5.41) is 11.5. The van der Waals surface area contributed by atoms with Crippen LogP contribution >= 0.6 is 22.9 Å². The maximum Gasteiger partial charge on any atom is 0.344 e. The van der Waals surface area contributed by atoms with Gasteiger partial charge in [0, 0.05) is 35.2 Å². The smallest absolute Gasteiger partial charge is 0.344 e. The number of hydrogen-bond donors (Lipinski definition) is 1. The van der Waals surface area contributed by atoms with E-state index in [1.165, 1.54) is 29.5 Å². The molecule has 1 aliphatic heterocycles. The van der Waals surface area contributed by atoms with E-state index >= 15 is 0 Å². The Labute approximate surface area is 290 Å². The third-order valence-corrected chi connectivity index (χ3v) is 8.61. The fourth-order valence-electron chi connectivity index (χ4n) is 5.06. The molecule has 0 radical (unpaired) electrons. The molecular weight excluding hydrogens is 697 g/mol. The Kier molecular flexibility index (Phi) is 10.4. The van der Waals surface area contributed by atoms with Crippen molar-refractivity contribution in [1.82, 2.24) is 14.1 Å². The Hall–Kier alpha value is -5.32. The SMILES string of the molecule is O=C(Oc1cc(OC(=O)c2ccccc2)c(Cl)cn1)c1cccc(C(=O)n2c(=O)ccn([C@H]3C[C@H](OCc4cccs4)[C@@H](C(O)F)O3)c2=O)c1. The van der Waals surface area contributed by atoms with E-state index in [9.17, 15) is 33.5 Å². The van der Waals surface area contributed by atoms with Gasteiger partial charge >= 0.3 is 17.6 Å². The Morgan fingerprint density at radius 1 is 0.980 bits per heavy atom. The van der Waals surface area contributed by atoms with Gasteiger partial charge < -0.3 is 24.1 Å². The van der Waals surface area contributed by atoms with E-state index in [-0.39, 0.29) is 46.4 Å². The first kappa shape index (κ1) is 34.5. The minimum absolute atomic E-state index is 0.0264. The molecule has 0 bridgehead atoms. The summed E-state index contributed by atoms with van der Waals surface area (Å²) in [6.45, 7) is 0.115. The molecule has 0 amide bonds. The van der Waals surface area contributed by atoms with Crippen LogP contribution in [0.5, 0.6) is 11.6 Å². The number of carbonyl (C=O) groups excluding carboxylic acids is 3. The van der Waals surface area contributed by atoms with E-state index in [0.29, 0.717) is 4.57 Å². The van der Waals surface area contributed by atoms with Crippen molar-refractivity contribution in [2.75, 3.05) is 0 Å². The molecule has 0 spiro atoms. The molecule has 1 saturated heterocycles. The number of nitrogens with zero attached hydrogens (tertiary/aromatic N) is 3. The minimum atomic E-state index is -2.43. The second-order valence-corrected chi connectivity index (χ2v) is 12.2. The maximum absolute atomic E-state index is 14.1. The summed E-state index contributed by atoms with van der Waals surface area (Å²) in [7, 11) is 0. The predicted octanol–water partition coefficient (Wildman–Crippen LogP) is 4.41. The zero-order valence-corrected chi connectivity index (χ0v) is 27.2. The standard InChI is InChI=1S/C34H25ClFN3O10S/c35-23-17-37-26(15-24(23)47-32(43)19-6-2-1-3-7-19)48-33(44)21-9-4-8-20(14-21)31(42)39-27(40)11-12-38(34(39)45)28-16-25(29(49-28)30(36)41)46-18-22-10-5-13-50-22/h1-15,17,25,28-30,41H,16,18H2/t25-,28+,29-,30?/m0/s1. The van der Waals surface area contributed by atoms with Gasteiger partial charge in [0.15, 0.2) is 5.75 Å².